The number of nitrogens with zero attached hydrogens (tertiary/aromatic N) is 1. The molecule has 5 heteroatoms. The Morgan fingerprint density at radius 3 is 3.08 bits per heavy atom. The van der Waals surface area contributed by atoms with Crippen molar-refractivity contribution < 1.29 is 9.53 Å². The van der Waals surface area contributed by atoms with Gasteiger partial charge in [-0.15, -0.1) is 11.3 Å². The Morgan fingerprint density at radius 1 is 1.83 bits per heavy atom. The standard InChI is InChI=1S/C7H6N2O2S/c1-11-7(10)9-6-2-5(3-8)4-12-6/h2,4H,1H3,(H,9,10). The van der Waals surface area contributed by atoms with E-state index in [0.717, 1.165) is 0 Å². The van der Waals surface area contributed by atoms with E-state index in [2.05, 4.69) is 10.1 Å². The van der Waals surface area contributed by atoms with Gasteiger partial charge in [-0.2, -0.15) is 5.26 Å². The summed E-state index contributed by atoms with van der Waals surface area (Å²) in [5, 5.41) is 13.2. The molecule has 0 saturated heterocycles. The first-order chi connectivity index (χ1) is 5.76. The van der Waals surface area contributed by atoms with E-state index in [1.165, 1.54) is 18.4 Å². The fourth-order valence-electron chi connectivity index (χ4n) is 0.612. The van der Waals surface area contributed by atoms with E-state index >= 15 is 0 Å². The number of amides is 1. The second-order valence-corrected chi connectivity index (χ2v) is 2.84. The second-order valence-electron chi connectivity index (χ2n) is 1.93. The molecule has 1 aromatic heterocycles. The van der Waals surface area contributed by atoms with Crippen LogP contribution in [0, 0.1) is 11.3 Å². The quantitative estimate of drug-likeness (QED) is 0.720. The van der Waals surface area contributed by atoms with Crippen molar-refractivity contribution in [2.45, 2.75) is 0 Å². The average Bonchev–Trinajstić information content (AvgIpc) is 2.52. The molecule has 1 N–H and O–H groups in total. The fourth-order valence-corrected chi connectivity index (χ4v) is 1.32. The summed E-state index contributed by atoms with van der Waals surface area (Å²) in [7, 11) is 1.29. The van der Waals surface area contributed by atoms with Gasteiger partial charge in [-0.3, -0.25) is 5.32 Å². The lowest BCUT2D eigenvalue weighted by Crippen LogP contribution is -2.09. The summed E-state index contributed by atoms with van der Waals surface area (Å²) >= 11 is 1.28. The summed E-state index contributed by atoms with van der Waals surface area (Å²) < 4.78 is 4.37. The van der Waals surface area contributed by atoms with Crippen LogP contribution >= 0.6 is 11.3 Å². The molecule has 1 amide bonds. The highest BCUT2D eigenvalue weighted by atomic mass is 32.1. The lowest BCUT2D eigenvalue weighted by Gasteiger charge is -1.97. The van der Waals surface area contributed by atoms with Crippen molar-refractivity contribution in [2.75, 3.05) is 12.4 Å². The Bertz CT molecular complexity index is 326. The molecule has 0 aromatic carbocycles. The van der Waals surface area contributed by atoms with Crippen molar-refractivity contribution in [3.63, 3.8) is 0 Å². The van der Waals surface area contributed by atoms with Gasteiger partial charge in [-0.1, -0.05) is 0 Å². The smallest absolute Gasteiger partial charge is 0.411 e. The van der Waals surface area contributed by atoms with Gasteiger partial charge in [0.25, 0.3) is 0 Å². The molecule has 0 spiro atoms. The van der Waals surface area contributed by atoms with Crippen LogP contribution in [-0.4, -0.2) is 13.2 Å². The Hall–Kier alpha value is -1.54. The molecule has 0 aliphatic heterocycles. The number of nitriles is 1. The normalized spacial score (nSPS) is 8.67. The molecular formula is C7H6N2O2S. The predicted molar refractivity (Wildman–Crippen MR) is 45.1 cm³/mol. The highest BCUT2D eigenvalue weighted by Crippen LogP contribution is 2.19. The van der Waals surface area contributed by atoms with Crippen LogP contribution in [0.4, 0.5) is 9.80 Å². The molecule has 1 aromatic rings. The van der Waals surface area contributed by atoms with Crippen LogP contribution in [0.1, 0.15) is 5.56 Å². The SMILES string of the molecule is COC(=O)Nc1cc(C#N)cs1. The number of hydrogen-bond acceptors (Lipinski definition) is 4. The maximum Gasteiger partial charge on any atom is 0.411 e. The molecule has 0 aliphatic rings. The van der Waals surface area contributed by atoms with Gasteiger partial charge in [0.05, 0.1) is 17.7 Å². The number of ether oxygens (including phenoxy) is 1. The summed E-state index contributed by atoms with van der Waals surface area (Å²) in [6.07, 6.45) is -0.527. The number of rotatable bonds is 1. The maximum atomic E-state index is 10.7. The van der Waals surface area contributed by atoms with E-state index in [0.29, 0.717) is 10.6 Å². The minimum atomic E-state index is -0.527. The number of carbonyl (C=O) groups is 1. The molecular weight excluding hydrogens is 176 g/mol. The largest absolute Gasteiger partial charge is 0.453 e. The molecule has 4 nitrogen and oxygen atoms in total. The zero-order valence-electron chi connectivity index (χ0n) is 6.33. The molecule has 1 rings (SSSR count). The Labute approximate surface area is 73.4 Å². The number of thiophene rings is 1. The predicted octanol–water partition coefficient (Wildman–Crippen LogP) is 1.80. The van der Waals surface area contributed by atoms with Crippen molar-refractivity contribution in [1.29, 1.82) is 5.26 Å². The van der Waals surface area contributed by atoms with Gasteiger partial charge in [0.15, 0.2) is 0 Å². The van der Waals surface area contributed by atoms with Gasteiger partial charge in [-0.25, -0.2) is 4.79 Å². The van der Waals surface area contributed by atoms with Gasteiger partial charge in [0, 0.05) is 5.38 Å². The summed E-state index contributed by atoms with van der Waals surface area (Å²) in [4.78, 5) is 10.7. The molecule has 62 valence electrons. The zero-order valence-corrected chi connectivity index (χ0v) is 7.14. The van der Waals surface area contributed by atoms with Gasteiger partial charge in [0.1, 0.15) is 6.07 Å². The highest BCUT2D eigenvalue weighted by molar-refractivity contribution is 7.14. The maximum absolute atomic E-state index is 10.7. The first-order valence-corrected chi connectivity index (χ1v) is 3.98. The second kappa shape index (κ2) is 3.74. The molecule has 12 heavy (non-hydrogen) atoms. The third kappa shape index (κ3) is 1.97. The van der Waals surface area contributed by atoms with E-state index in [4.69, 9.17) is 5.26 Å². The van der Waals surface area contributed by atoms with E-state index in [9.17, 15) is 4.79 Å². The number of hydrogen-bond donors (Lipinski definition) is 1. The number of anilines is 1. The van der Waals surface area contributed by atoms with Crippen molar-refractivity contribution in [1.82, 2.24) is 0 Å². The average molecular weight is 182 g/mol. The summed E-state index contributed by atoms with van der Waals surface area (Å²) in [5.74, 6) is 0. The molecule has 0 bridgehead atoms. The zero-order chi connectivity index (χ0) is 8.97. The Balaban J connectivity index is 2.65. The third-order valence-corrected chi connectivity index (χ3v) is 1.98. The fraction of sp³-hybridized carbons (Fsp3) is 0.143. The van der Waals surface area contributed by atoms with Crippen LogP contribution in [0.2, 0.25) is 0 Å². The first-order valence-electron chi connectivity index (χ1n) is 3.10. The summed E-state index contributed by atoms with van der Waals surface area (Å²) in [6.45, 7) is 0. The van der Waals surface area contributed by atoms with E-state index < -0.39 is 6.09 Å². The van der Waals surface area contributed by atoms with Gasteiger partial charge >= 0.3 is 6.09 Å². The van der Waals surface area contributed by atoms with Crippen molar-refractivity contribution in [3.8, 4) is 6.07 Å². The topological polar surface area (TPSA) is 62.1 Å². The van der Waals surface area contributed by atoms with Crippen molar-refractivity contribution in [2.24, 2.45) is 0 Å². The number of nitrogens with one attached hydrogen (secondary N) is 1. The molecule has 0 saturated carbocycles. The number of methoxy groups -OCH3 is 1. The van der Waals surface area contributed by atoms with Crippen LogP contribution in [-0.2, 0) is 4.74 Å². The van der Waals surface area contributed by atoms with E-state index in [1.54, 1.807) is 11.4 Å². The van der Waals surface area contributed by atoms with Crippen molar-refractivity contribution >= 4 is 22.4 Å². The molecule has 0 aliphatic carbocycles. The first kappa shape index (κ1) is 8.56. The van der Waals surface area contributed by atoms with Gasteiger partial charge < -0.3 is 4.74 Å². The van der Waals surface area contributed by atoms with Crippen LogP contribution in [0.3, 0.4) is 0 Å². The molecule has 1 heterocycles. The Kier molecular flexibility index (Phi) is 2.66. The minimum absolute atomic E-state index is 0.527. The molecule has 0 unspecified atom stereocenters. The van der Waals surface area contributed by atoms with Crippen LogP contribution in [0.25, 0.3) is 0 Å². The van der Waals surface area contributed by atoms with Crippen molar-refractivity contribution in [3.05, 3.63) is 17.0 Å². The molecule has 0 atom stereocenters. The molecule has 0 fully saturated rings. The highest BCUT2D eigenvalue weighted by Gasteiger charge is 2.02. The van der Waals surface area contributed by atoms with Crippen LogP contribution in [0.5, 0.6) is 0 Å². The summed E-state index contributed by atoms with van der Waals surface area (Å²) in [6, 6.07) is 3.54. The lowest BCUT2D eigenvalue weighted by molar-refractivity contribution is 0.187. The van der Waals surface area contributed by atoms with Crippen LogP contribution < -0.4 is 5.32 Å². The Morgan fingerprint density at radius 2 is 2.58 bits per heavy atom. The third-order valence-electron chi connectivity index (χ3n) is 1.14. The van der Waals surface area contributed by atoms with E-state index in [1.807, 2.05) is 6.07 Å². The molecule has 0 radical (unpaired) electrons. The van der Waals surface area contributed by atoms with Gasteiger partial charge in [0.2, 0.25) is 0 Å². The summed E-state index contributed by atoms with van der Waals surface area (Å²) in [5.41, 5.74) is 0.534. The lowest BCUT2D eigenvalue weighted by atomic mass is 10.4. The number of carbonyl (C=O) groups excluding carboxylic acids is 1. The van der Waals surface area contributed by atoms with Gasteiger partial charge in [-0.05, 0) is 6.07 Å². The minimum Gasteiger partial charge on any atom is -0.453 e. The van der Waals surface area contributed by atoms with E-state index in [-0.39, 0.29) is 0 Å². The van der Waals surface area contributed by atoms with Crippen LogP contribution in [0.15, 0.2) is 11.4 Å². The monoisotopic (exact) mass is 182 g/mol.